The van der Waals surface area contributed by atoms with Crippen LogP contribution < -0.4 is 0 Å². The lowest BCUT2D eigenvalue weighted by Crippen LogP contribution is -2.60. The number of aliphatic hydroxyl groups is 3. The van der Waals surface area contributed by atoms with E-state index in [0.29, 0.717) is 0 Å². The standard InChI is InChI=1S/C7H12O7/c1-13-4-2(8)3(9)7(12)14-5(4)6(10)11/h2-5,7-9,12H,1H3,(H,10,11)/t2-,3+,4+,5-,7-/m1/s1. The third-order valence-corrected chi connectivity index (χ3v) is 2.08. The fourth-order valence-electron chi connectivity index (χ4n) is 1.31. The van der Waals surface area contributed by atoms with Gasteiger partial charge in [0.05, 0.1) is 0 Å². The predicted octanol–water partition coefficient (Wildman–Crippen LogP) is -2.47. The summed E-state index contributed by atoms with van der Waals surface area (Å²) in [6, 6.07) is 0. The number of ether oxygens (including phenoxy) is 2. The summed E-state index contributed by atoms with van der Waals surface area (Å²) in [6.07, 6.45) is -7.49. The maximum atomic E-state index is 10.6. The number of carboxylic acid groups (broad SMARTS) is 1. The van der Waals surface area contributed by atoms with Gasteiger partial charge in [-0.15, -0.1) is 0 Å². The van der Waals surface area contributed by atoms with Gasteiger partial charge in [-0.3, -0.25) is 0 Å². The Kier molecular flexibility index (Phi) is 3.40. The number of carbonyl (C=O) groups is 1. The van der Waals surface area contributed by atoms with E-state index in [9.17, 15) is 9.90 Å². The van der Waals surface area contributed by atoms with Gasteiger partial charge in [0, 0.05) is 7.11 Å². The van der Waals surface area contributed by atoms with Crippen molar-refractivity contribution in [2.75, 3.05) is 7.11 Å². The summed E-state index contributed by atoms with van der Waals surface area (Å²) in [7, 11) is 1.18. The first kappa shape index (κ1) is 11.3. The second-order valence-electron chi connectivity index (χ2n) is 2.97. The first-order valence-corrected chi connectivity index (χ1v) is 3.94. The fourth-order valence-corrected chi connectivity index (χ4v) is 1.31. The molecule has 4 N–H and O–H groups in total. The molecule has 5 atom stereocenters. The number of hydrogen-bond acceptors (Lipinski definition) is 6. The third-order valence-electron chi connectivity index (χ3n) is 2.08. The Morgan fingerprint density at radius 1 is 1.29 bits per heavy atom. The van der Waals surface area contributed by atoms with Crippen molar-refractivity contribution in [3.05, 3.63) is 0 Å². The van der Waals surface area contributed by atoms with Gasteiger partial charge in [-0.1, -0.05) is 0 Å². The van der Waals surface area contributed by atoms with Crippen LogP contribution in [0.4, 0.5) is 0 Å². The number of aliphatic hydroxyl groups excluding tert-OH is 3. The Hall–Kier alpha value is -0.730. The Morgan fingerprint density at radius 3 is 2.29 bits per heavy atom. The highest BCUT2D eigenvalue weighted by atomic mass is 16.7. The largest absolute Gasteiger partial charge is 0.479 e. The number of hydrogen-bond donors (Lipinski definition) is 4. The van der Waals surface area contributed by atoms with Gasteiger partial charge in [-0.05, 0) is 0 Å². The average molecular weight is 208 g/mol. The second kappa shape index (κ2) is 4.20. The van der Waals surface area contributed by atoms with E-state index in [2.05, 4.69) is 9.47 Å². The minimum atomic E-state index is -1.72. The molecule has 1 aliphatic rings. The van der Waals surface area contributed by atoms with E-state index in [1.54, 1.807) is 0 Å². The summed E-state index contributed by atoms with van der Waals surface area (Å²) in [4.78, 5) is 10.6. The lowest BCUT2D eigenvalue weighted by molar-refractivity contribution is -0.283. The van der Waals surface area contributed by atoms with Crippen LogP contribution in [0.2, 0.25) is 0 Å². The molecule has 1 heterocycles. The Balaban J connectivity index is 2.82. The molecule has 1 aliphatic heterocycles. The monoisotopic (exact) mass is 208 g/mol. The van der Waals surface area contributed by atoms with Crippen LogP contribution in [0.15, 0.2) is 0 Å². The molecule has 7 heteroatoms. The van der Waals surface area contributed by atoms with E-state index in [-0.39, 0.29) is 0 Å². The summed E-state index contributed by atoms with van der Waals surface area (Å²) >= 11 is 0. The lowest BCUT2D eigenvalue weighted by Gasteiger charge is -2.37. The average Bonchev–Trinajstić information content (AvgIpc) is 2.13. The molecule has 0 saturated carbocycles. The maximum absolute atomic E-state index is 10.6. The number of rotatable bonds is 2. The zero-order valence-corrected chi connectivity index (χ0v) is 7.40. The molecule has 0 aromatic carbocycles. The van der Waals surface area contributed by atoms with Crippen LogP contribution in [0.3, 0.4) is 0 Å². The molecular formula is C7H12O7. The molecule has 1 rings (SSSR count). The normalized spacial score (nSPS) is 43.6. The lowest BCUT2D eigenvalue weighted by atomic mass is 9.99. The highest BCUT2D eigenvalue weighted by molar-refractivity contribution is 5.73. The Bertz CT molecular complexity index is 218. The molecule has 0 aromatic heterocycles. The fraction of sp³-hybridized carbons (Fsp3) is 0.857. The molecule has 14 heavy (non-hydrogen) atoms. The van der Waals surface area contributed by atoms with Crippen LogP contribution in [0.5, 0.6) is 0 Å². The van der Waals surface area contributed by atoms with E-state index in [1.807, 2.05) is 0 Å². The van der Waals surface area contributed by atoms with Gasteiger partial charge < -0.3 is 29.9 Å². The van der Waals surface area contributed by atoms with Gasteiger partial charge >= 0.3 is 5.97 Å². The minimum absolute atomic E-state index is 1.18. The van der Waals surface area contributed by atoms with Crippen molar-refractivity contribution in [3.8, 4) is 0 Å². The topological polar surface area (TPSA) is 116 Å². The highest BCUT2D eigenvalue weighted by Crippen LogP contribution is 2.21. The second-order valence-corrected chi connectivity index (χ2v) is 2.97. The van der Waals surface area contributed by atoms with Crippen molar-refractivity contribution in [2.45, 2.75) is 30.7 Å². The molecule has 0 aromatic rings. The highest BCUT2D eigenvalue weighted by Gasteiger charge is 2.47. The van der Waals surface area contributed by atoms with Crippen LogP contribution in [0.1, 0.15) is 0 Å². The SMILES string of the molecule is CO[C@H]1[C@H](O)[C@H](O)[C@H](O)O[C@H]1C(=O)O. The number of carboxylic acids is 1. The van der Waals surface area contributed by atoms with Crippen LogP contribution in [0.25, 0.3) is 0 Å². The van der Waals surface area contributed by atoms with Gasteiger partial charge in [-0.25, -0.2) is 4.79 Å². The quantitative estimate of drug-likeness (QED) is 0.397. The zero-order chi connectivity index (χ0) is 10.9. The Labute approximate surface area is 79.5 Å². The van der Waals surface area contributed by atoms with Crippen LogP contribution in [0, 0.1) is 0 Å². The van der Waals surface area contributed by atoms with Crippen molar-refractivity contribution >= 4 is 5.97 Å². The van der Waals surface area contributed by atoms with E-state index < -0.39 is 36.7 Å². The number of aliphatic carboxylic acids is 1. The van der Waals surface area contributed by atoms with Crippen LogP contribution >= 0.6 is 0 Å². The summed E-state index contributed by atoms with van der Waals surface area (Å²) in [5.74, 6) is -1.37. The maximum Gasteiger partial charge on any atom is 0.335 e. The van der Waals surface area contributed by atoms with Gasteiger partial charge in [0.25, 0.3) is 0 Å². The van der Waals surface area contributed by atoms with Crippen LogP contribution in [-0.2, 0) is 14.3 Å². The summed E-state index contributed by atoms with van der Waals surface area (Å²) in [5, 5.41) is 36.2. The van der Waals surface area contributed by atoms with Gasteiger partial charge in [0.2, 0.25) is 0 Å². The summed E-state index contributed by atoms with van der Waals surface area (Å²) in [5.41, 5.74) is 0. The van der Waals surface area contributed by atoms with Crippen molar-refractivity contribution < 1.29 is 34.7 Å². The predicted molar refractivity (Wildman–Crippen MR) is 41.3 cm³/mol. The molecule has 0 unspecified atom stereocenters. The van der Waals surface area contributed by atoms with Crippen molar-refractivity contribution in [2.24, 2.45) is 0 Å². The molecule has 0 radical (unpaired) electrons. The summed E-state index contributed by atoms with van der Waals surface area (Å²) in [6.45, 7) is 0. The summed E-state index contributed by atoms with van der Waals surface area (Å²) < 4.78 is 9.22. The number of methoxy groups -OCH3 is 1. The van der Waals surface area contributed by atoms with E-state index in [4.69, 9.17) is 15.3 Å². The Morgan fingerprint density at radius 2 is 1.86 bits per heavy atom. The first-order chi connectivity index (χ1) is 6.49. The molecule has 0 bridgehead atoms. The molecule has 1 fully saturated rings. The molecule has 1 saturated heterocycles. The first-order valence-electron chi connectivity index (χ1n) is 3.94. The van der Waals surface area contributed by atoms with Crippen molar-refractivity contribution in [1.82, 2.24) is 0 Å². The van der Waals surface area contributed by atoms with E-state index >= 15 is 0 Å². The zero-order valence-electron chi connectivity index (χ0n) is 7.40. The van der Waals surface area contributed by atoms with Gasteiger partial charge in [0.15, 0.2) is 12.4 Å². The van der Waals surface area contributed by atoms with Crippen molar-refractivity contribution in [3.63, 3.8) is 0 Å². The van der Waals surface area contributed by atoms with Crippen LogP contribution in [-0.4, -0.2) is 64.2 Å². The van der Waals surface area contributed by atoms with Crippen molar-refractivity contribution in [1.29, 1.82) is 0 Å². The molecule has 0 spiro atoms. The smallest absolute Gasteiger partial charge is 0.335 e. The minimum Gasteiger partial charge on any atom is -0.479 e. The third kappa shape index (κ3) is 1.86. The molecular weight excluding hydrogens is 196 g/mol. The van der Waals surface area contributed by atoms with E-state index in [1.165, 1.54) is 7.11 Å². The molecule has 7 nitrogen and oxygen atoms in total. The van der Waals surface area contributed by atoms with E-state index in [0.717, 1.165) is 0 Å². The molecule has 0 aliphatic carbocycles. The molecule has 82 valence electrons. The van der Waals surface area contributed by atoms with Gasteiger partial charge in [-0.2, -0.15) is 0 Å². The molecule has 0 amide bonds. The van der Waals surface area contributed by atoms with Gasteiger partial charge in [0.1, 0.15) is 18.3 Å².